The zero-order valence-corrected chi connectivity index (χ0v) is 31.2. The molecular formula is C33H45N7O9S2. The van der Waals surface area contributed by atoms with Crippen molar-refractivity contribution < 1.29 is 37.5 Å². The molecule has 0 saturated heterocycles. The molecule has 0 saturated carbocycles. The molecule has 0 aliphatic rings. The number of aliphatic imine (C=N–C) groups is 1. The fourth-order valence-electron chi connectivity index (χ4n) is 5.17. The van der Waals surface area contributed by atoms with Crippen LogP contribution in [0.4, 0.5) is 10.5 Å². The Morgan fingerprint density at radius 2 is 1.80 bits per heavy atom. The van der Waals surface area contributed by atoms with Crippen LogP contribution in [0, 0.1) is 30.9 Å². The number of ether oxygens (including phenoxy) is 2. The summed E-state index contributed by atoms with van der Waals surface area (Å²) in [6, 6.07) is 5.07. The SMILES string of the molecule is COc1cc(C)c(S(=O)(=O)NC(N)=NCCC[C@H](NC(=O)[C@H](Cc2ccc([N+](=O)[O-])cc2)NC(=O)OC(C)(C)C)C(O)c2nccs2)c(C)c1C. The van der Waals surface area contributed by atoms with Crippen LogP contribution in [0.3, 0.4) is 0 Å². The van der Waals surface area contributed by atoms with Crippen LogP contribution in [-0.2, 0) is 26.0 Å². The first-order chi connectivity index (χ1) is 23.8. The van der Waals surface area contributed by atoms with E-state index in [1.165, 1.54) is 48.9 Å². The van der Waals surface area contributed by atoms with Crippen molar-refractivity contribution in [3.63, 3.8) is 0 Å². The molecule has 0 aliphatic heterocycles. The third-order valence-corrected chi connectivity index (χ3v) is 10.2. The molecule has 278 valence electrons. The Morgan fingerprint density at radius 1 is 1.14 bits per heavy atom. The number of nitrogens with zero attached hydrogens (tertiary/aromatic N) is 3. The second kappa shape index (κ2) is 17.4. The number of rotatable bonds is 15. The highest BCUT2D eigenvalue weighted by Crippen LogP contribution is 2.30. The fraction of sp³-hybridized carbons (Fsp3) is 0.455. The molecule has 2 amide bonds. The zero-order valence-electron chi connectivity index (χ0n) is 29.6. The molecule has 6 N–H and O–H groups in total. The molecule has 0 spiro atoms. The monoisotopic (exact) mass is 747 g/mol. The molecule has 1 unspecified atom stereocenters. The number of carbonyl (C=O) groups is 2. The van der Waals surface area contributed by atoms with Crippen LogP contribution in [0.2, 0.25) is 0 Å². The maximum absolute atomic E-state index is 13.7. The number of benzene rings is 2. The summed E-state index contributed by atoms with van der Waals surface area (Å²) in [5.74, 6) is -0.436. The number of hydrogen-bond donors (Lipinski definition) is 5. The van der Waals surface area contributed by atoms with Gasteiger partial charge < -0.3 is 30.9 Å². The fourth-order valence-corrected chi connectivity index (χ4v) is 7.34. The van der Waals surface area contributed by atoms with Crippen LogP contribution < -0.4 is 25.8 Å². The molecule has 0 bridgehead atoms. The Hall–Kier alpha value is -4.81. The van der Waals surface area contributed by atoms with E-state index in [0.717, 1.165) is 0 Å². The number of alkyl carbamates (subject to hydrolysis) is 1. The number of methoxy groups -OCH3 is 1. The van der Waals surface area contributed by atoms with Crippen LogP contribution >= 0.6 is 11.3 Å². The Balaban J connectivity index is 1.77. The molecule has 2 aromatic carbocycles. The largest absolute Gasteiger partial charge is 0.496 e. The third-order valence-electron chi connectivity index (χ3n) is 7.67. The van der Waals surface area contributed by atoms with Gasteiger partial charge in [-0.2, -0.15) is 0 Å². The number of aliphatic hydroxyl groups is 1. The van der Waals surface area contributed by atoms with E-state index < -0.39 is 50.7 Å². The summed E-state index contributed by atoms with van der Waals surface area (Å²) in [6.07, 6.45) is -0.223. The van der Waals surface area contributed by atoms with Gasteiger partial charge in [0.1, 0.15) is 28.5 Å². The molecule has 3 aromatic rings. The summed E-state index contributed by atoms with van der Waals surface area (Å²) < 4.78 is 39.5. The lowest BCUT2D eigenvalue weighted by molar-refractivity contribution is -0.384. The van der Waals surface area contributed by atoms with Crippen LogP contribution in [0.25, 0.3) is 0 Å². The molecule has 0 fully saturated rings. The number of thiazole rings is 1. The second-order valence-corrected chi connectivity index (χ2v) is 15.3. The lowest BCUT2D eigenvalue weighted by atomic mass is 10.0. The molecule has 3 atom stereocenters. The van der Waals surface area contributed by atoms with Crippen molar-refractivity contribution in [1.82, 2.24) is 20.3 Å². The predicted octanol–water partition coefficient (Wildman–Crippen LogP) is 3.71. The van der Waals surface area contributed by atoms with Crippen LogP contribution in [-0.4, -0.2) is 72.7 Å². The van der Waals surface area contributed by atoms with E-state index in [2.05, 4.69) is 25.3 Å². The standard InChI is InChI=1S/C33H45N7O9S2/c1-19-17-26(48-7)20(2)21(3)28(19)51(46,47)39-31(34)36-14-8-9-24(27(41)30-35-15-16-50-30)37-29(42)25(38-32(43)49-33(4,5)6)18-22-10-12-23(13-11-22)40(44)45/h10-13,15-17,24-25,27,41H,8-9,14,18H2,1-7H3,(H,37,42)(H,38,43)(H3,34,36,39)/t24-,25-,27?/m0/s1. The van der Waals surface area contributed by atoms with Gasteiger partial charge in [-0.1, -0.05) is 12.1 Å². The van der Waals surface area contributed by atoms with Gasteiger partial charge in [-0.25, -0.2) is 22.9 Å². The Bertz CT molecular complexity index is 1830. The Morgan fingerprint density at radius 3 is 2.37 bits per heavy atom. The number of nitrogens with two attached hydrogens (primary N) is 1. The highest BCUT2D eigenvalue weighted by molar-refractivity contribution is 7.90. The van der Waals surface area contributed by atoms with Gasteiger partial charge in [0, 0.05) is 36.7 Å². The number of amides is 2. The number of nitrogens with one attached hydrogen (secondary N) is 3. The number of nitro benzene ring substituents is 1. The van der Waals surface area contributed by atoms with Crippen molar-refractivity contribution >= 4 is 45.0 Å². The molecule has 51 heavy (non-hydrogen) atoms. The van der Waals surface area contributed by atoms with Crippen LogP contribution in [0.1, 0.15) is 67.0 Å². The maximum Gasteiger partial charge on any atom is 0.408 e. The highest BCUT2D eigenvalue weighted by Gasteiger charge is 2.30. The number of nitro groups is 1. The number of sulfonamides is 1. The molecule has 3 rings (SSSR count). The number of aryl methyl sites for hydroxylation is 1. The molecule has 1 heterocycles. The van der Waals surface area contributed by atoms with Gasteiger partial charge in [-0.3, -0.25) is 19.9 Å². The van der Waals surface area contributed by atoms with Crippen molar-refractivity contribution in [2.45, 2.75) is 89.5 Å². The van der Waals surface area contributed by atoms with Crippen molar-refractivity contribution in [3.05, 3.63) is 79.3 Å². The number of hydrogen-bond acceptors (Lipinski definition) is 12. The zero-order chi connectivity index (χ0) is 38.1. The quantitative estimate of drug-likeness (QED) is 0.0494. The minimum Gasteiger partial charge on any atom is -0.496 e. The van der Waals surface area contributed by atoms with Crippen molar-refractivity contribution in [1.29, 1.82) is 0 Å². The van der Waals surface area contributed by atoms with Gasteiger partial charge in [0.15, 0.2) is 0 Å². The molecule has 16 nitrogen and oxygen atoms in total. The molecule has 0 aliphatic carbocycles. The van der Waals surface area contributed by atoms with Gasteiger partial charge in [0.25, 0.3) is 15.7 Å². The number of aromatic nitrogens is 1. The van der Waals surface area contributed by atoms with E-state index in [-0.39, 0.29) is 42.3 Å². The summed E-state index contributed by atoms with van der Waals surface area (Å²) in [7, 11) is -2.58. The number of carbonyl (C=O) groups excluding carboxylic acids is 2. The number of non-ortho nitro benzene ring substituents is 1. The average Bonchev–Trinajstić information content (AvgIpc) is 3.58. The lowest BCUT2D eigenvalue weighted by Crippen LogP contribution is -2.52. The van der Waals surface area contributed by atoms with E-state index in [4.69, 9.17) is 15.2 Å². The van der Waals surface area contributed by atoms with E-state index in [1.807, 2.05) is 0 Å². The Labute approximate surface area is 301 Å². The van der Waals surface area contributed by atoms with E-state index >= 15 is 0 Å². The second-order valence-electron chi connectivity index (χ2n) is 12.7. The molecule has 18 heteroatoms. The average molecular weight is 748 g/mol. The van der Waals surface area contributed by atoms with Crippen LogP contribution in [0.5, 0.6) is 5.75 Å². The summed E-state index contributed by atoms with van der Waals surface area (Å²) in [4.78, 5) is 45.4. The van der Waals surface area contributed by atoms with Gasteiger partial charge in [0.2, 0.25) is 11.9 Å². The minimum absolute atomic E-state index is 0.0350. The first-order valence-electron chi connectivity index (χ1n) is 15.9. The third kappa shape index (κ3) is 11.6. The Kier molecular flexibility index (Phi) is 13.9. The van der Waals surface area contributed by atoms with E-state index in [9.17, 15) is 33.2 Å². The van der Waals surface area contributed by atoms with Crippen molar-refractivity contribution in [3.8, 4) is 5.75 Å². The van der Waals surface area contributed by atoms with Crippen LogP contribution in [0.15, 0.2) is 51.8 Å². The first kappa shape index (κ1) is 40.6. The maximum atomic E-state index is 13.7. The topological polar surface area (TPSA) is 237 Å². The summed E-state index contributed by atoms with van der Waals surface area (Å²) in [6.45, 7) is 10.1. The lowest BCUT2D eigenvalue weighted by Gasteiger charge is -2.27. The number of aliphatic hydroxyl groups excluding tert-OH is 1. The smallest absolute Gasteiger partial charge is 0.408 e. The van der Waals surface area contributed by atoms with Gasteiger partial charge >= 0.3 is 6.09 Å². The van der Waals surface area contributed by atoms with Gasteiger partial charge in [0.05, 0.1) is 23.0 Å². The first-order valence-corrected chi connectivity index (χ1v) is 18.3. The van der Waals surface area contributed by atoms with Gasteiger partial charge in [-0.05, 0) is 82.7 Å². The van der Waals surface area contributed by atoms with Crippen molar-refractivity contribution in [2.75, 3.05) is 13.7 Å². The minimum atomic E-state index is -4.09. The predicted molar refractivity (Wildman–Crippen MR) is 192 cm³/mol. The molecule has 0 radical (unpaired) electrons. The summed E-state index contributed by atoms with van der Waals surface area (Å²) in [5, 5.41) is 29.7. The van der Waals surface area contributed by atoms with Crippen molar-refractivity contribution in [2.24, 2.45) is 10.7 Å². The molecule has 1 aromatic heterocycles. The number of guanidine groups is 1. The highest BCUT2D eigenvalue weighted by atomic mass is 32.2. The van der Waals surface area contributed by atoms with E-state index in [1.54, 1.807) is 53.0 Å². The normalized spacial score (nSPS) is 13.8. The molecular weight excluding hydrogens is 703 g/mol. The summed E-state index contributed by atoms with van der Waals surface area (Å²) in [5.41, 5.74) is 7.15. The van der Waals surface area contributed by atoms with Gasteiger partial charge in [-0.15, -0.1) is 11.3 Å². The van der Waals surface area contributed by atoms with E-state index in [0.29, 0.717) is 33.0 Å². The summed E-state index contributed by atoms with van der Waals surface area (Å²) >= 11 is 1.18.